The van der Waals surface area contributed by atoms with Gasteiger partial charge in [0.05, 0.1) is 10.0 Å². The molecule has 17 heavy (non-hydrogen) atoms. The predicted octanol–water partition coefficient (Wildman–Crippen LogP) is 4.10. The van der Waals surface area contributed by atoms with Crippen LogP contribution in [0, 0.1) is 11.8 Å². The Bertz CT molecular complexity index is 572. The third-order valence-corrected chi connectivity index (χ3v) is 2.72. The average molecular weight is 263 g/mol. The summed E-state index contributed by atoms with van der Waals surface area (Å²) in [5, 5.41) is 9.81. The van der Waals surface area contributed by atoms with E-state index in [0.29, 0.717) is 5.56 Å². The van der Waals surface area contributed by atoms with Crippen molar-refractivity contribution in [3.63, 3.8) is 0 Å². The molecule has 0 saturated heterocycles. The molecule has 2 aromatic rings. The Kier molecular flexibility index (Phi) is 3.58. The maximum absolute atomic E-state index is 9.40. The minimum Gasteiger partial charge on any atom is -0.505 e. The molecule has 0 amide bonds. The second kappa shape index (κ2) is 5.14. The minimum atomic E-state index is -0.112. The van der Waals surface area contributed by atoms with Gasteiger partial charge in [0, 0.05) is 11.1 Å². The Hall–Kier alpha value is -1.62. The van der Waals surface area contributed by atoms with Gasteiger partial charge in [-0.1, -0.05) is 53.2 Å². The quantitative estimate of drug-likeness (QED) is 0.709. The summed E-state index contributed by atoms with van der Waals surface area (Å²) in [5.41, 5.74) is 1.58. The molecule has 0 aliphatic carbocycles. The summed E-state index contributed by atoms with van der Waals surface area (Å²) >= 11 is 11.6. The van der Waals surface area contributed by atoms with Crippen molar-refractivity contribution in [1.29, 1.82) is 0 Å². The zero-order valence-corrected chi connectivity index (χ0v) is 10.3. The third-order valence-electron chi connectivity index (χ3n) is 2.14. The fraction of sp³-hybridized carbons (Fsp3) is 0. The number of aromatic hydroxyl groups is 1. The summed E-state index contributed by atoms with van der Waals surface area (Å²) in [5.74, 6) is 5.81. The van der Waals surface area contributed by atoms with E-state index in [2.05, 4.69) is 11.8 Å². The van der Waals surface area contributed by atoms with Crippen LogP contribution in [-0.2, 0) is 0 Å². The number of halogens is 2. The Morgan fingerprint density at radius 2 is 1.35 bits per heavy atom. The summed E-state index contributed by atoms with van der Waals surface area (Å²) in [6.45, 7) is 0. The molecular weight excluding hydrogens is 255 g/mol. The second-order valence-corrected chi connectivity index (χ2v) is 4.22. The van der Waals surface area contributed by atoms with Crippen molar-refractivity contribution < 1.29 is 5.11 Å². The number of hydrogen-bond acceptors (Lipinski definition) is 1. The van der Waals surface area contributed by atoms with Crippen LogP contribution in [0.15, 0.2) is 42.5 Å². The van der Waals surface area contributed by atoms with Gasteiger partial charge in [-0.25, -0.2) is 0 Å². The Morgan fingerprint density at radius 3 is 1.94 bits per heavy atom. The van der Waals surface area contributed by atoms with E-state index < -0.39 is 0 Å². The van der Waals surface area contributed by atoms with Gasteiger partial charge in [0.2, 0.25) is 0 Å². The molecule has 0 saturated carbocycles. The number of phenolic OH excluding ortho intramolecular Hbond substituents is 1. The highest BCUT2D eigenvalue weighted by Crippen LogP contribution is 2.32. The highest BCUT2D eigenvalue weighted by molar-refractivity contribution is 6.37. The Balaban J connectivity index is 2.35. The maximum atomic E-state index is 9.40. The van der Waals surface area contributed by atoms with Crippen molar-refractivity contribution >= 4 is 23.2 Å². The van der Waals surface area contributed by atoms with Crippen LogP contribution < -0.4 is 0 Å². The maximum Gasteiger partial charge on any atom is 0.152 e. The van der Waals surface area contributed by atoms with Gasteiger partial charge in [-0.15, -0.1) is 0 Å². The van der Waals surface area contributed by atoms with Crippen molar-refractivity contribution in [1.82, 2.24) is 0 Å². The summed E-state index contributed by atoms with van der Waals surface area (Å²) in [4.78, 5) is 0. The lowest BCUT2D eigenvalue weighted by Crippen LogP contribution is -1.78. The predicted molar refractivity (Wildman–Crippen MR) is 70.5 cm³/mol. The van der Waals surface area contributed by atoms with Gasteiger partial charge in [-0.05, 0) is 24.3 Å². The molecule has 2 aromatic carbocycles. The molecule has 1 N–H and O–H groups in total. The molecule has 0 aliphatic heterocycles. The molecule has 0 aromatic heterocycles. The third kappa shape index (κ3) is 2.94. The van der Waals surface area contributed by atoms with Crippen LogP contribution in [0.2, 0.25) is 10.0 Å². The van der Waals surface area contributed by atoms with E-state index >= 15 is 0 Å². The number of phenols is 1. The van der Waals surface area contributed by atoms with Gasteiger partial charge in [-0.3, -0.25) is 0 Å². The van der Waals surface area contributed by atoms with Crippen LogP contribution in [-0.4, -0.2) is 5.11 Å². The lowest BCUT2D eigenvalue weighted by Gasteiger charge is -1.99. The van der Waals surface area contributed by atoms with E-state index in [1.165, 1.54) is 0 Å². The summed E-state index contributed by atoms with van der Waals surface area (Å²) < 4.78 is 0. The van der Waals surface area contributed by atoms with Crippen LogP contribution in [0.3, 0.4) is 0 Å². The van der Waals surface area contributed by atoms with Crippen LogP contribution in [0.5, 0.6) is 5.75 Å². The van der Waals surface area contributed by atoms with Crippen molar-refractivity contribution in [3.8, 4) is 17.6 Å². The molecule has 0 fully saturated rings. The van der Waals surface area contributed by atoms with Gasteiger partial charge in [0.15, 0.2) is 5.75 Å². The number of rotatable bonds is 0. The molecule has 84 valence electrons. The Morgan fingerprint density at radius 1 is 0.824 bits per heavy atom. The zero-order chi connectivity index (χ0) is 12.3. The van der Waals surface area contributed by atoms with E-state index in [9.17, 15) is 5.11 Å². The standard InChI is InChI=1S/C14H8Cl2O/c15-12-8-11(9-13(16)14(12)17)7-6-10-4-2-1-3-5-10/h1-5,8-9,17H. The highest BCUT2D eigenvalue weighted by Gasteiger charge is 2.04. The van der Waals surface area contributed by atoms with Crippen LogP contribution >= 0.6 is 23.2 Å². The van der Waals surface area contributed by atoms with E-state index in [-0.39, 0.29) is 15.8 Å². The lowest BCUT2D eigenvalue weighted by atomic mass is 10.2. The SMILES string of the molecule is Oc1c(Cl)cc(C#Cc2ccccc2)cc1Cl. The first-order valence-corrected chi connectivity index (χ1v) is 5.67. The zero-order valence-electron chi connectivity index (χ0n) is 8.74. The van der Waals surface area contributed by atoms with Gasteiger partial charge in [0.25, 0.3) is 0 Å². The average Bonchev–Trinajstić information content (AvgIpc) is 2.34. The molecular formula is C14H8Cl2O. The van der Waals surface area contributed by atoms with Gasteiger partial charge in [0.1, 0.15) is 0 Å². The monoisotopic (exact) mass is 262 g/mol. The van der Waals surface area contributed by atoms with Crippen LogP contribution in [0.1, 0.15) is 11.1 Å². The normalized spacial score (nSPS) is 9.53. The largest absolute Gasteiger partial charge is 0.505 e. The Labute approximate surface area is 110 Å². The second-order valence-electron chi connectivity index (χ2n) is 3.40. The molecule has 0 spiro atoms. The van der Waals surface area contributed by atoms with Crippen LogP contribution in [0.4, 0.5) is 0 Å². The van der Waals surface area contributed by atoms with Gasteiger partial charge < -0.3 is 5.11 Å². The minimum absolute atomic E-state index is 0.112. The van der Waals surface area contributed by atoms with Crippen molar-refractivity contribution in [2.75, 3.05) is 0 Å². The topological polar surface area (TPSA) is 20.2 Å². The first kappa shape index (κ1) is 11.9. The van der Waals surface area contributed by atoms with Gasteiger partial charge in [-0.2, -0.15) is 0 Å². The molecule has 0 bridgehead atoms. The van der Waals surface area contributed by atoms with E-state index in [1.54, 1.807) is 12.1 Å². The van der Waals surface area contributed by atoms with E-state index in [1.807, 2.05) is 30.3 Å². The molecule has 3 heteroatoms. The summed E-state index contributed by atoms with van der Waals surface area (Å²) in [6, 6.07) is 12.8. The summed E-state index contributed by atoms with van der Waals surface area (Å²) in [6.07, 6.45) is 0. The first-order valence-electron chi connectivity index (χ1n) is 4.92. The smallest absolute Gasteiger partial charge is 0.152 e. The molecule has 0 atom stereocenters. The molecule has 0 heterocycles. The molecule has 1 nitrogen and oxygen atoms in total. The van der Waals surface area contributed by atoms with Crippen molar-refractivity contribution in [3.05, 3.63) is 63.6 Å². The fourth-order valence-electron chi connectivity index (χ4n) is 1.30. The highest BCUT2D eigenvalue weighted by atomic mass is 35.5. The van der Waals surface area contributed by atoms with Crippen LogP contribution in [0.25, 0.3) is 0 Å². The van der Waals surface area contributed by atoms with E-state index in [0.717, 1.165) is 5.56 Å². The molecule has 0 unspecified atom stereocenters. The molecule has 0 aliphatic rings. The first-order chi connectivity index (χ1) is 8.16. The van der Waals surface area contributed by atoms with Gasteiger partial charge >= 0.3 is 0 Å². The number of benzene rings is 2. The van der Waals surface area contributed by atoms with Crippen molar-refractivity contribution in [2.24, 2.45) is 0 Å². The van der Waals surface area contributed by atoms with E-state index in [4.69, 9.17) is 23.2 Å². The molecule has 0 radical (unpaired) electrons. The lowest BCUT2D eigenvalue weighted by molar-refractivity contribution is 0.476. The fourth-order valence-corrected chi connectivity index (χ4v) is 1.79. The van der Waals surface area contributed by atoms with Crippen molar-refractivity contribution in [2.45, 2.75) is 0 Å². The number of hydrogen-bond donors (Lipinski definition) is 1. The summed E-state index contributed by atoms with van der Waals surface area (Å²) in [7, 11) is 0. The molecule has 2 rings (SSSR count).